The third kappa shape index (κ3) is 4.34. The number of hydrogen-bond acceptors (Lipinski definition) is 5. The number of pyridine rings is 1. The number of aromatic nitrogens is 1. The highest BCUT2D eigenvalue weighted by atomic mass is 16.6. The van der Waals surface area contributed by atoms with Gasteiger partial charge in [-0.15, -0.1) is 0 Å². The minimum atomic E-state index is -1.06. The van der Waals surface area contributed by atoms with Gasteiger partial charge in [0.25, 0.3) is 0 Å². The van der Waals surface area contributed by atoms with Crippen molar-refractivity contribution in [2.45, 2.75) is 51.9 Å². The summed E-state index contributed by atoms with van der Waals surface area (Å²) in [5, 5.41) is 9.35. The molecule has 7 nitrogen and oxygen atoms in total. The number of hydrogen-bond donors (Lipinski definition) is 1. The fraction of sp³-hybridized carbons (Fsp3) is 0.562. The number of nitrogens with zero attached hydrogens (tertiary/aromatic N) is 2. The van der Waals surface area contributed by atoms with E-state index >= 15 is 0 Å². The number of rotatable bonds is 3. The highest BCUT2D eigenvalue weighted by molar-refractivity contribution is 5.81. The lowest BCUT2D eigenvalue weighted by Crippen LogP contribution is -2.43. The lowest BCUT2D eigenvalue weighted by Gasteiger charge is -2.26. The van der Waals surface area contributed by atoms with Crippen LogP contribution in [0.2, 0.25) is 0 Å². The van der Waals surface area contributed by atoms with Gasteiger partial charge in [0.2, 0.25) is 0 Å². The van der Waals surface area contributed by atoms with Crippen LogP contribution in [0.15, 0.2) is 18.3 Å². The van der Waals surface area contributed by atoms with Crippen LogP contribution in [0.5, 0.6) is 5.75 Å². The van der Waals surface area contributed by atoms with Gasteiger partial charge >= 0.3 is 12.1 Å². The Morgan fingerprint density at radius 2 is 2.09 bits per heavy atom. The normalized spacial score (nSPS) is 21.1. The van der Waals surface area contributed by atoms with Crippen molar-refractivity contribution in [3.63, 3.8) is 0 Å². The molecule has 0 unspecified atom stereocenters. The minimum Gasteiger partial charge on any atom is -0.487 e. The second-order valence-corrected chi connectivity index (χ2v) is 6.55. The van der Waals surface area contributed by atoms with Crippen LogP contribution in [-0.2, 0) is 9.53 Å². The number of ether oxygens (including phenoxy) is 2. The maximum atomic E-state index is 12.2. The highest BCUT2D eigenvalue weighted by Crippen LogP contribution is 2.26. The average molecular weight is 322 g/mol. The van der Waals surface area contributed by atoms with Gasteiger partial charge in [-0.1, -0.05) is 0 Å². The Labute approximate surface area is 135 Å². The molecule has 23 heavy (non-hydrogen) atoms. The molecule has 0 aliphatic carbocycles. The SMILES string of the molecule is Cc1ncccc1O[C@@H]1C[C@@H](C(=O)O)N(C(=O)OC(C)(C)C)C1. The topological polar surface area (TPSA) is 89.0 Å². The number of likely N-dealkylation sites (tertiary alicyclic amines) is 1. The van der Waals surface area contributed by atoms with E-state index in [1.54, 1.807) is 39.1 Å². The first-order chi connectivity index (χ1) is 10.7. The Bertz CT molecular complexity index is 596. The van der Waals surface area contributed by atoms with Crippen LogP contribution in [0.4, 0.5) is 4.79 Å². The van der Waals surface area contributed by atoms with Crippen LogP contribution in [0.25, 0.3) is 0 Å². The van der Waals surface area contributed by atoms with Gasteiger partial charge in [-0.3, -0.25) is 9.88 Å². The molecule has 0 aromatic carbocycles. The summed E-state index contributed by atoms with van der Waals surface area (Å²) < 4.78 is 11.1. The molecule has 0 spiro atoms. The molecule has 1 fully saturated rings. The molecule has 1 aromatic rings. The Kier molecular flexibility index (Phi) is 4.77. The molecule has 126 valence electrons. The largest absolute Gasteiger partial charge is 0.487 e. The monoisotopic (exact) mass is 322 g/mol. The number of carbonyl (C=O) groups is 2. The second-order valence-electron chi connectivity index (χ2n) is 6.55. The molecule has 1 amide bonds. The number of carboxylic acids is 1. The first kappa shape index (κ1) is 17.1. The van der Waals surface area contributed by atoms with Crippen molar-refractivity contribution in [2.75, 3.05) is 6.54 Å². The molecule has 0 bridgehead atoms. The molecule has 1 aromatic heterocycles. The van der Waals surface area contributed by atoms with Crippen LogP contribution in [0, 0.1) is 6.92 Å². The number of aliphatic carboxylic acids is 1. The maximum Gasteiger partial charge on any atom is 0.411 e. The van der Waals surface area contributed by atoms with E-state index in [-0.39, 0.29) is 13.0 Å². The van der Waals surface area contributed by atoms with E-state index in [1.165, 1.54) is 4.90 Å². The van der Waals surface area contributed by atoms with E-state index < -0.39 is 29.8 Å². The van der Waals surface area contributed by atoms with E-state index in [0.717, 1.165) is 5.69 Å². The van der Waals surface area contributed by atoms with Crippen LogP contribution >= 0.6 is 0 Å². The maximum absolute atomic E-state index is 12.2. The molecule has 7 heteroatoms. The van der Waals surface area contributed by atoms with E-state index in [0.29, 0.717) is 5.75 Å². The summed E-state index contributed by atoms with van der Waals surface area (Å²) in [7, 11) is 0. The molecule has 1 aliphatic heterocycles. The average Bonchev–Trinajstić information content (AvgIpc) is 2.84. The molecular formula is C16H22N2O5. The van der Waals surface area contributed by atoms with Crippen molar-refractivity contribution >= 4 is 12.1 Å². The predicted octanol–water partition coefficient (Wildman–Crippen LogP) is 2.23. The van der Waals surface area contributed by atoms with Gasteiger partial charge in [-0.05, 0) is 39.8 Å². The smallest absolute Gasteiger partial charge is 0.411 e. The van der Waals surface area contributed by atoms with Crippen LogP contribution in [0.3, 0.4) is 0 Å². The zero-order chi connectivity index (χ0) is 17.2. The van der Waals surface area contributed by atoms with Gasteiger partial charge in [-0.2, -0.15) is 0 Å². The van der Waals surface area contributed by atoms with E-state index in [4.69, 9.17) is 9.47 Å². The summed E-state index contributed by atoms with van der Waals surface area (Å²) in [6.45, 7) is 7.20. The molecule has 1 N–H and O–H groups in total. The molecule has 2 atom stereocenters. The molecule has 1 saturated heterocycles. The summed E-state index contributed by atoms with van der Waals surface area (Å²) in [6.07, 6.45) is 0.817. The first-order valence-corrected chi connectivity index (χ1v) is 7.48. The van der Waals surface area contributed by atoms with Crippen molar-refractivity contribution in [1.29, 1.82) is 0 Å². The van der Waals surface area contributed by atoms with E-state index in [2.05, 4.69) is 4.98 Å². The van der Waals surface area contributed by atoms with Gasteiger partial charge in [-0.25, -0.2) is 9.59 Å². The zero-order valence-corrected chi connectivity index (χ0v) is 13.8. The Morgan fingerprint density at radius 1 is 1.39 bits per heavy atom. The first-order valence-electron chi connectivity index (χ1n) is 7.48. The van der Waals surface area contributed by atoms with Gasteiger partial charge in [0, 0.05) is 12.6 Å². The highest BCUT2D eigenvalue weighted by Gasteiger charge is 2.42. The fourth-order valence-electron chi connectivity index (χ4n) is 2.41. The number of carboxylic acid groups (broad SMARTS) is 1. The third-order valence-electron chi connectivity index (χ3n) is 3.43. The van der Waals surface area contributed by atoms with Crippen molar-refractivity contribution in [2.24, 2.45) is 0 Å². The van der Waals surface area contributed by atoms with Gasteiger partial charge in [0.05, 0.1) is 12.2 Å². The van der Waals surface area contributed by atoms with E-state index in [9.17, 15) is 14.7 Å². The van der Waals surface area contributed by atoms with Crippen molar-refractivity contribution in [3.05, 3.63) is 24.0 Å². The Balaban J connectivity index is 2.10. The number of aryl methyl sites for hydroxylation is 1. The third-order valence-corrected chi connectivity index (χ3v) is 3.43. The quantitative estimate of drug-likeness (QED) is 0.918. The fourth-order valence-corrected chi connectivity index (χ4v) is 2.41. The van der Waals surface area contributed by atoms with Gasteiger partial charge in [0.1, 0.15) is 23.5 Å². The molecule has 2 rings (SSSR count). The Hall–Kier alpha value is -2.31. The van der Waals surface area contributed by atoms with Crippen LogP contribution in [-0.4, -0.2) is 51.3 Å². The summed E-state index contributed by atoms with van der Waals surface area (Å²) in [5.74, 6) is -0.474. The van der Waals surface area contributed by atoms with Crippen molar-refractivity contribution in [1.82, 2.24) is 9.88 Å². The van der Waals surface area contributed by atoms with Crippen molar-refractivity contribution < 1.29 is 24.2 Å². The number of carbonyl (C=O) groups excluding carboxylic acids is 1. The lowest BCUT2D eigenvalue weighted by molar-refractivity contribution is -0.142. The van der Waals surface area contributed by atoms with Gasteiger partial charge in [0.15, 0.2) is 0 Å². The summed E-state index contributed by atoms with van der Waals surface area (Å²) in [6, 6.07) is 2.57. The van der Waals surface area contributed by atoms with E-state index in [1.807, 2.05) is 6.92 Å². The van der Waals surface area contributed by atoms with Gasteiger partial charge < -0.3 is 14.6 Å². The molecular weight excluding hydrogens is 300 g/mol. The number of amides is 1. The predicted molar refractivity (Wildman–Crippen MR) is 82.4 cm³/mol. The standard InChI is InChI=1S/C16H22N2O5/c1-10-13(6-5-7-17-10)22-11-8-12(14(19)20)18(9-11)15(21)23-16(2,3)4/h5-7,11-12H,8-9H2,1-4H3,(H,19,20)/t11-,12+/m1/s1. The molecule has 0 saturated carbocycles. The van der Waals surface area contributed by atoms with Crippen molar-refractivity contribution in [3.8, 4) is 5.75 Å². The summed E-state index contributed by atoms with van der Waals surface area (Å²) in [4.78, 5) is 29.0. The van der Waals surface area contributed by atoms with Crippen LogP contribution in [0.1, 0.15) is 32.9 Å². The summed E-state index contributed by atoms with van der Waals surface area (Å²) in [5.41, 5.74) is 0.0361. The minimum absolute atomic E-state index is 0.167. The zero-order valence-electron chi connectivity index (χ0n) is 13.8. The molecule has 0 radical (unpaired) electrons. The molecule has 2 heterocycles. The van der Waals surface area contributed by atoms with Crippen LogP contribution < -0.4 is 4.74 Å². The summed E-state index contributed by atoms with van der Waals surface area (Å²) >= 11 is 0. The molecule has 1 aliphatic rings. The Morgan fingerprint density at radius 3 is 2.65 bits per heavy atom. The second kappa shape index (κ2) is 6.44. The lowest BCUT2D eigenvalue weighted by atomic mass is 10.2.